The number of hydrogen-bond acceptors (Lipinski definition) is 4. The summed E-state index contributed by atoms with van der Waals surface area (Å²) in [5.74, 6) is -0.151. The molecule has 0 bridgehead atoms. The molecule has 0 spiro atoms. The summed E-state index contributed by atoms with van der Waals surface area (Å²) in [6.07, 6.45) is 1.36. The van der Waals surface area contributed by atoms with Crippen LogP contribution in [0.4, 0.5) is 0 Å². The Morgan fingerprint density at radius 3 is 2.43 bits per heavy atom. The number of hydrogen-bond donors (Lipinski definition) is 3. The fourth-order valence-electron chi connectivity index (χ4n) is 0.995. The van der Waals surface area contributed by atoms with Crippen molar-refractivity contribution in [1.82, 2.24) is 4.72 Å². The van der Waals surface area contributed by atoms with Crippen molar-refractivity contribution in [2.75, 3.05) is 0 Å². The van der Waals surface area contributed by atoms with Crippen molar-refractivity contribution in [3.8, 4) is 0 Å². The molecule has 0 saturated heterocycles. The molecule has 0 radical (unpaired) electrons. The average Bonchev–Trinajstić information content (AvgIpc) is 2.82. The zero-order valence-corrected chi connectivity index (χ0v) is 9.00. The Hall–Kier alpha value is -0.820. The second-order valence-electron chi connectivity index (χ2n) is 3.96. The third kappa shape index (κ3) is 2.36. The summed E-state index contributed by atoms with van der Waals surface area (Å²) < 4.78 is 25.5. The lowest BCUT2D eigenvalue weighted by atomic mass is 10.1. The van der Waals surface area contributed by atoms with Crippen molar-refractivity contribution >= 4 is 15.9 Å². The van der Waals surface area contributed by atoms with Crippen LogP contribution in [0.25, 0.3) is 0 Å². The van der Waals surface area contributed by atoms with Gasteiger partial charge in [-0.2, -0.15) is 0 Å². The molecule has 14 heavy (non-hydrogen) atoms. The molecule has 82 valence electrons. The van der Waals surface area contributed by atoms with E-state index in [1.807, 2.05) is 0 Å². The van der Waals surface area contributed by atoms with E-state index in [0.717, 1.165) is 0 Å². The number of nitrogens with one attached hydrogen (secondary N) is 1. The first-order valence-electron chi connectivity index (χ1n) is 4.30. The molecule has 0 aliphatic heterocycles. The molecular formula is C7H15N3O3S. The normalized spacial score (nSPS) is 19.7. The van der Waals surface area contributed by atoms with Crippen LogP contribution in [0.5, 0.6) is 0 Å². The van der Waals surface area contributed by atoms with Crippen LogP contribution in [0.15, 0.2) is 5.16 Å². The maximum atomic E-state index is 11.5. The number of rotatable bonds is 4. The van der Waals surface area contributed by atoms with Crippen LogP contribution in [0.3, 0.4) is 0 Å². The smallest absolute Gasteiger partial charge is 0.215 e. The summed E-state index contributed by atoms with van der Waals surface area (Å²) in [6, 6.07) is 0. The van der Waals surface area contributed by atoms with E-state index in [-0.39, 0.29) is 11.1 Å². The first-order valence-corrected chi connectivity index (χ1v) is 5.85. The molecule has 1 aliphatic rings. The second-order valence-corrected chi connectivity index (χ2v) is 5.92. The maximum Gasteiger partial charge on any atom is 0.215 e. The van der Waals surface area contributed by atoms with Gasteiger partial charge in [-0.1, -0.05) is 5.16 Å². The van der Waals surface area contributed by atoms with Crippen molar-refractivity contribution < 1.29 is 13.6 Å². The van der Waals surface area contributed by atoms with Gasteiger partial charge in [0.1, 0.15) is 0 Å². The molecule has 1 rings (SSSR count). The van der Waals surface area contributed by atoms with Gasteiger partial charge in [-0.15, -0.1) is 0 Å². The van der Waals surface area contributed by atoms with Gasteiger partial charge >= 0.3 is 0 Å². The molecule has 1 aliphatic carbocycles. The third-order valence-electron chi connectivity index (χ3n) is 2.11. The van der Waals surface area contributed by atoms with Crippen molar-refractivity contribution in [3.05, 3.63) is 0 Å². The highest BCUT2D eigenvalue weighted by Crippen LogP contribution is 2.28. The van der Waals surface area contributed by atoms with E-state index in [9.17, 15) is 8.42 Å². The Balaban J connectivity index is 2.76. The summed E-state index contributed by atoms with van der Waals surface area (Å²) in [5.41, 5.74) is 4.31. The van der Waals surface area contributed by atoms with E-state index in [4.69, 9.17) is 10.9 Å². The van der Waals surface area contributed by atoms with Gasteiger partial charge in [-0.25, -0.2) is 13.1 Å². The van der Waals surface area contributed by atoms with Crippen LogP contribution in [-0.4, -0.2) is 30.2 Å². The molecule has 7 heteroatoms. The molecule has 0 heterocycles. The molecule has 0 amide bonds. The molecule has 4 N–H and O–H groups in total. The van der Waals surface area contributed by atoms with Crippen LogP contribution < -0.4 is 10.5 Å². The fourth-order valence-corrected chi connectivity index (χ4v) is 2.73. The van der Waals surface area contributed by atoms with Gasteiger partial charge in [-0.05, 0) is 26.7 Å². The molecule has 0 aromatic heterocycles. The van der Waals surface area contributed by atoms with E-state index in [1.165, 1.54) is 0 Å². The number of nitrogens with two attached hydrogens (primary N) is 1. The standard InChI is InChI=1S/C7H15N3O3S/c1-7(2,6(8)9-11)10-14(12,13)5-3-4-5/h5,10-11H,3-4H2,1-2H3,(H2,8,9). The molecule has 0 aromatic carbocycles. The largest absolute Gasteiger partial charge is 0.409 e. The number of nitrogens with zero attached hydrogens (tertiary/aromatic N) is 1. The Kier molecular flexibility index (Phi) is 2.73. The van der Waals surface area contributed by atoms with Gasteiger partial charge in [0, 0.05) is 0 Å². The third-order valence-corrected chi connectivity index (χ3v) is 4.25. The van der Waals surface area contributed by atoms with Crippen LogP contribution in [0.2, 0.25) is 0 Å². The Morgan fingerprint density at radius 2 is 2.07 bits per heavy atom. The van der Waals surface area contributed by atoms with Gasteiger partial charge in [0.2, 0.25) is 10.0 Å². The minimum Gasteiger partial charge on any atom is -0.409 e. The summed E-state index contributed by atoms with van der Waals surface area (Å²) in [4.78, 5) is 0. The van der Waals surface area contributed by atoms with Crippen LogP contribution in [0.1, 0.15) is 26.7 Å². The van der Waals surface area contributed by atoms with E-state index >= 15 is 0 Å². The number of sulfonamides is 1. The van der Waals surface area contributed by atoms with Crippen LogP contribution in [0, 0.1) is 0 Å². The van der Waals surface area contributed by atoms with Crippen molar-refractivity contribution in [2.24, 2.45) is 10.9 Å². The first-order chi connectivity index (χ1) is 6.29. The van der Waals surface area contributed by atoms with E-state index in [1.54, 1.807) is 13.8 Å². The fraction of sp³-hybridized carbons (Fsp3) is 0.857. The zero-order chi connectivity index (χ0) is 11.0. The zero-order valence-electron chi connectivity index (χ0n) is 8.19. The molecular weight excluding hydrogens is 206 g/mol. The predicted octanol–water partition coefficient (Wildman–Crippen LogP) is -0.407. The summed E-state index contributed by atoms with van der Waals surface area (Å²) in [7, 11) is -3.32. The van der Waals surface area contributed by atoms with E-state index in [0.29, 0.717) is 12.8 Å². The first kappa shape index (κ1) is 11.3. The highest BCUT2D eigenvalue weighted by molar-refractivity contribution is 7.90. The second kappa shape index (κ2) is 3.39. The van der Waals surface area contributed by atoms with Gasteiger partial charge in [0.05, 0.1) is 10.8 Å². The van der Waals surface area contributed by atoms with Crippen molar-refractivity contribution in [1.29, 1.82) is 0 Å². The molecule has 1 saturated carbocycles. The quantitative estimate of drug-likeness (QED) is 0.260. The van der Waals surface area contributed by atoms with E-state index < -0.39 is 15.6 Å². The van der Waals surface area contributed by atoms with Crippen molar-refractivity contribution in [2.45, 2.75) is 37.5 Å². The highest BCUT2D eigenvalue weighted by atomic mass is 32.2. The summed E-state index contributed by atoms with van der Waals surface area (Å²) >= 11 is 0. The Morgan fingerprint density at radius 1 is 1.57 bits per heavy atom. The van der Waals surface area contributed by atoms with Crippen molar-refractivity contribution in [3.63, 3.8) is 0 Å². The molecule has 6 nitrogen and oxygen atoms in total. The summed E-state index contributed by atoms with van der Waals surface area (Å²) in [6.45, 7) is 3.09. The minimum atomic E-state index is -3.32. The van der Waals surface area contributed by atoms with E-state index in [2.05, 4.69) is 9.88 Å². The average molecular weight is 221 g/mol. The SMILES string of the molecule is CC(C)(NS(=O)(=O)C1CC1)C(N)=NO. The summed E-state index contributed by atoms with van der Waals surface area (Å²) in [5, 5.41) is 10.9. The lowest BCUT2D eigenvalue weighted by molar-refractivity contribution is 0.312. The lowest BCUT2D eigenvalue weighted by Crippen LogP contribution is -2.53. The molecule has 0 aromatic rings. The maximum absolute atomic E-state index is 11.5. The molecule has 0 atom stereocenters. The van der Waals surface area contributed by atoms with Crippen LogP contribution >= 0.6 is 0 Å². The molecule has 1 fully saturated rings. The predicted molar refractivity (Wildman–Crippen MR) is 52.6 cm³/mol. The van der Waals surface area contributed by atoms with Crippen LogP contribution in [-0.2, 0) is 10.0 Å². The Bertz CT molecular complexity index is 343. The number of amidine groups is 1. The molecule has 0 unspecified atom stereocenters. The van der Waals surface area contributed by atoms with Gasteiger partial charge < -0.3 is 10.9 Å². The van der Waals surface area contributed by atoms with Gasteiger partial charge in [0.15, 0.2) is 5.84 Å². The van der Waals surface area contributed by atoms with Gasteiger partial charge in [-0.3, -0.25) is 0 Å². The van der Waals surface area contributed by atoms with Gasteiger partial charge in [0.25, 0.3) is 0 Å². The highest BCUT2D eigenvalue weighted by Gasteiger charge is 2.40. The Labute approximate surface area is 83.2 Å². The number of oxime groups is 1. The topological polar surface area (TPSA) is 105 Å². The lowest BCUT2D eigenvalue weighted by Gasteiger charge is -2.24. The minimum absolute atomic E-state index is 0.151. The monoisotopic (exact) mass is 221 g/mol.